The van der Waals surface area contributed by atoms with Crippen molar-refractivity contribution in [3.63, 3.8) is 0 Å². The van der Waals surface area contributed by atoms with Gasteiger partial charge in [0, 0.05) is 11.4 Å². The van der Waals surface area contributed by atoms with Crippen LogP contribution in [-0.2, 0) is 21.7 Å². The molecule has 2 heterocycles. The molecule has 0 aromatic carbocycles. The van der Waals surface area contributed by atoms with Gasteiger partial charge in [0.1, 0.15) is 5.03 Å². The van der Waals surface area contributed by atoms with Gasteiger partial charge in [0.2, 0.25) is 0 Å². The highest BCUT2D eigenvalue weighted by Crippen LogP contribution is 2.54. The number of amides is 2. The second kappa shape index (κ2) is 8.22. The van der Waals surface area contributed by atoms with E-state index in [1.54, 1.807) is 19.9 Å². The average Bonchev–Trinajstić information content (AvgIpc) is 3.44. The summed E-state index contributed by atoms with van der Waals surface area (Å²) in [6, 6.07) is 1.07. The van der Waals surface area contributed by atoms with Crippen LogP contribution in [0.4, 0.5) is 4.79 Å². The zero-order valence-electron chi connectivity index (χ0n) is 20.9. The molecule has 4 rings (SSSR count). The second-order valence-corrected chi connectivity index (χ2v) is 13.2. The van der Waals surface area contributed by atoms with Gasteiger partial charge in [-0.2, -0.15) is 9.46 Å². The van der Waals surface area contributed by atoms with E-state index in [0.29, 0.717) is 10.7 Å². The first-order valence-corrected chi connectivity index (χ1v) is 13.6. The van der Waals surface area contributed by atoms with Gasteiger partial charge >= 0.3 is 6.03 Å². The van der Waals surface area contributed by atoms with Gasteiger partial charge in [-0.05, 0) is 91.0 Å². The Morgan fingerprint density at radius 2 is 2.06 bits per heavy atom. The molecule has 2 atom stereocenters. The number of aliphatic hydroxyl groups excluding tert-OH is 2. The number of aliphatic hydroxyl groups is 2. The monoisotopic (exact) mass is 490 g/mol. The maximum absolute atomic E-state index is 13.2. The number of hydrogen-bond acceptors (Lipinski definition) is 5. The fourth-order valence-corrected chi connectivity index (χ4v) is 6.35. The van der Waals surface area contributed by atoms with Crippen LogP contribution in [-0.4, -0.2) is 44.0 Å². The number of urea groups is 1. The third-order valence-electron chi connectivity index (χ3n) is 7.90. The quantitative estimate of drug-likeness (QED) is 0.402. The molecule has 1 fully saturated rings. The molecular weight excluding hydrogens is 452 g/mol. The molecule has 10 heteroatoms. The van der Waals surface area contributed by atoms with Crippen LogP contribution in [0.3, 0.4) is 0 Å². The van der Waals surface area contributed by atoms with Crippen molar-refractivity contribution in [2.75, 3.05) is 6.61 Å². The van der Waals surface area contributed by atoms with E-state index in [-0.39, 0.29) is 24.2 Å². The summed E-state index contributed by atoms with van der Waals surface area (Å²) in [6.45, 7) is 9.89. The number of rotatable bonds is 5. The van der Waals surface area contributed by atoms with E-state index < -0.39 is 21.2 Å². The number of dihydropyridines is 1. The maximum Gasteiger partial charge on any atom is 0.352 e. The van der Waals surface area contributed by atoms with E-state index in [4.69, 9.17) is 5.14 Å². The molecule has 3 aliphatic rings. The van der Waals surface area contributed by atoms with Crippen molar-refractivity contribution in [2.45, 2.75) is 89.4 Å². The van der Waals surface area contributed by atoms with Crippen molar-refractivity contribution < 1.29 is 15.0 Å². The molecule has 188 valence electrons. The molecule has 2 aliphatic carbocycles. The molecule has 0 saturated heterocycles. The maximum atomic E-state index is 13.2. The third kappa shape index (κ3) is 3.90. The minimum Gasteiger partial charge on any atom is -0.394 e. The number of aromatic nitrogens is 2. The molecule has 6 N–H and O–H groups in total. The predicted molar refractivity (Wildman–Crippen MR) is 135 cm³/mol. The summed E-state index contributed by atoms with van der Waals surface area (Å²) < 4.78 is 5.78. The average molecular weight is 491 g/mol. The molecule has 2 unspecified atom stereocenters. The second-order valence-electron chi connectivity index (χ2n) is 11.1. The summed E-state index contributed by atoms with van der Waals surface area (Å²) in [5.74, 6) is 4.01. The van der Waals surface area contributed by atoms with Gasteiger partial charge in [-0.25, -0.2) is 4.79 Å². The van der Waals surface area contributed by atoms with E-state index in [1.165, 1.54) is 21.5 Å². The smallest absolute Gasteiger partial charge is 0.352 e. The van der Waals surface area contributed by atoms with E-state index >= 15 is 0 Å². The van der Waals surface area contributed by atoms with Crippen molar-refractivity contribution in [2.24, 2.45) is 14.9 Å². The largest absolute Gasteiger partial charge is 0.394 e. The van der Waals surface area contributed by atoms with Crippen LogP contribution in [0.1, 0.15) is 72.4 Å². The van der Waals surface area contributed by atoms with Crippen LogP contribution < -0.4 is 15.8 Å². The Balaban J connectivity index is 1.70. The highest BCUT2D eigenvalue weighted by Gasteiger charge is 2.53. The van der Waals surface area contributed by atoms with Crippen molar-refractivity contribution in [1.29, 1.82) is 0 Å². The Morgan fingerprint density at radius 3 is 2.71 bits per heavy atom. The first-order chi connectivity index (χ1) is 15.8. The van der Waals surface area contributed by atoms with Crippen LogP contribution >= 0.6 is 0 Å². The minimum atomic E-state index is -2.69. The lowest BCUT2D eigenvalue weighted by Crippen LogP contribution is -2.53. The molecule has 1 aromatic rings. The Morgan fingerprint density at radius 1 is 1.35 bits per heavy atom. The summed E-state index contributed by atoms with van der Waals surface area (Å²) >= 11 is 0. The lowest BCUT2D eigenvalue weighted by atomic mass is 9.72. The van der Waals surface area contributed by atoms with E-state index in [0.717, 1.165) is 37.8 Å². The molecule has 1 aliphatic heterocycles. The Labute approximate surface area is 202 Å². The SMILES string of the molecule is C=S(N)(=NC(=O)NC1=C2CCC(C)(C)C2(C)NC2=C1CCC2)c1cc(CO)n(C(C)(C)CO)n1. The van der Waals surface area contributed by atoms with E-state index in [2.05, 4.69) is 46.7 Å². The molecule has 34 heavy (non-hydrogen) atoms. The Hall–Kier alpha value is -2.14. The normalized spacial score (nSPS) is 25.5. The first-order valence-electron chi connectivity index (χ1n) is 11.8. The summed E-state index contributed by atoms with van der Waals surface area (Å²) in [6.07, 6.45) is 4.90. The number of allylic oxidation sites excluding steroid dienone is 2. The highest BCUT2D eigenvalue weighted by atomic mass is 32.2. The number of nitrogens with one attached hydrogen (secondary N) is 2. The zero-order chi connectivity index (χ0) is 25.1. The van der Waals surface area contributed by atoms with Gasteiger partial charge in [-0.1, -0.05) is 13.8 Å². The summed E-state index contributed by atoms with van der Waals surface area (Å²) in [4.78, 5) is 13.2. The van der Waals surface area contributed by atoms with Crippen molar-refractivity contribution in [3.05, 3.63) is 34.3 Å². The van der Waals surface area contributed by atoms with Gasteiger partial charge in [0.25, 0.3) is 0 Å². The molecule has 0 bridgehead atoms. The topological polar surface area (TPSA) is 138 Å². The zero-order valence-corrected chi connectivity index (χ0v) is 21.7. The molecule has 2 amide bonds. The molecule has 1 saturated carbocycles. The van der Waals surface area contributed by atoms with Crippen LogP contribution in [0.5, 0.6) is 0 Å². The number of fused-ring (bicyclic) bond motifs is 1. The van der Waals surface area contributed by atoms with E-state index in [9.17, 15) is 15.0 Å². The number of carbonyl (C=O) groups excluding carboxylic acids is 1. The van der Waals surface area contributed by atoms with Gasteiger partial charge in [-0.15, -0.1) is 0 Å². The number of carbonyl (C=O) groups is 1. The van der Waals surface area contributed by atoms with Crippen molar-refractivity contribution >= 4 is 21.5 Å². The minimum absolute atomic E-state index is 0.0544. The van der Waals surface area contributed by atoms with Crippen LogP contribution in [0.15, 0.2) is 38.0 Å². The highest BCUT2D eigenvalue weighted by molar-refractivity contribution is 8.00. The van der Waals surface area contributed by atoms with Crippen LogP contribution in [0.2, 0.25) is 0 Å². The fraction of sp³-hybridized carbons (Fsp3) is 0.625. The number of nitrogens with zero attached hydrogens (tertiary/aromatic N) is 3. The van der Waals surface area contributed by atoms with Gasteiger partial charge in [0.05, 0.1) is 30.0 Å². The van der Waals surface area contributed by atoms with Crippen LogP contribution in [0, 0.1) is 5.41 Å². The molecule has 9 nitrogen and oxygen atoms in total. The Kier molecular flexibility index (Phi) is 6.04. The number of hydrogen-bond donors (Lipinski definition) is 5. The van der Waals surface area contributed by atoms with Crippen molar-refractivity contribution in [3.8, 4) is 0 Å². The molecular formula is C24H38N6O3S. The standard InChI is InChI=1S/C24H38N6O3S/c1-22(2)11-10-17-20(16-8-7-9-18(16)27-24(17,22)5)26-21(33)29-34(6,25)19-12-15(13-31)30(28-19)23(3,4)14-32/h12,27,31-32H,6-11,13-14H2,1-5H3,(H3,25,26,29,33). The van der Waals surface area contributed by atoms with E-state index in [1.807, 2.05) is 0 Å². The Bertz CT molecular complexity index is 1220. The fourth-order valence-electron chi connectivity index (χ4n) is 5.35. The van der Waals surface area contributed by atoms with Crippen LogP contribution in [0.25, 0.3) is 0 Å². The predicted octanol–water partition coefficient (Wildman–Crippen LogP) is 2.69. The first kappa shape index (κ1) is 25.0. The summed E-state index contributed by atoms with van der Waals surface area (Å²) in [5, 5.41) is 37.6. The summed E-state index contributed by atoms with van der Waals surface area (Å²) in [7, 11) is -2.69. The lowest BCUT2D eigenvalue weighted by Gasteiger charge is -2.45. The number of nitrogens with two attached hydrogens (primary N) is 1. The molecule has 0 spiro atoms. The van der Waals surface area contributed by atoms with Crippen molar-refractivity contribution in [1.82, 2.24) is 20.4 Å². The molecule has 1 aromatic heterocycles. The van der Waals surface area contributed by atoms with Gasteiger partial charge < -0.3 is 20.8 Å². The van der Waals surface area contributed by atoms with Gasteiger partial charge in [-0.3, -0.25) is 9.82 Å². The third-order valence-corrected chi connectivity index (χ3v) is 9.32. The summed E-state index contributed by atoms with van der Waals surface area (Å²) in [5.41, 5.74) is 4.07. The van der Waals surface area contributed by atoms with Gasteiger partial charge in [0.15, 0.2) is 0 Å². The lowest BCUT2D eigenvalue weighted by molar-refractivity contribution is 0.140. The molecule has 0 radical (unpaired) electrons.